The number of fused-ring (bicyclic) bond motifs is 1. The summed E-state index contributed by atoms with van der Waals surface area (Å²) in [6.45, 7) is 1.23. The number of aromatic nitrogens is 2. The molecule has 0 spiro atoms. The summed E-state index contributed by atoms with van der Waals surface area (Å²) < 4.78 is 56.7. The summed E-state index contributed by atoms with van der Waals surface area (Å²) in [6, 6.07) is 2.68. The van der Waals surface area contributed by atoms with Gasteiger partial charge in [0.25, 0.3) is 0 Å². The molecule has 10 heteroatoms. The summed E-state index contributed by atoms with van der Waals surface area (Å²) in [5.41, 5.74) is 7.69. The highest BCUT2D eigenvalue weighted by atomic mass is 32.2. The van der Waals surface area contributed by atoms with Crippen LogP contribution in [0.1, 0.15) is 29.5 Å². The number of nitrogens with two attached hydrogens (primary N) is 1. The van der Waals surface area contributed by atoms with Crippen molar-refractivity contribution in [2.45, 2.75) is 42.7 Å². The van der Waals surface area contributed by atoms with Crippen molar-refractivity contribution in [2.24, 2.45) is 5.73 Å². The largest absolute Gasteiger partial charge is 0.370 e. The lowest BCUT2D eigenvalue weighted by Crippen LogP contribution is -2.47. The maximum absolute atomic E-state index is 14.1. The molecule has 0 unspecified atom stereocenters. The Morgan fingerprint density at radius 3 is 2.71 bits per heavy atom. The van der Waals surface area contributed by atoms with E-state index in [4.69, 9.17) is 10.5 Å². The van der Waals surface area contributed by atoms with Crippen LogP contribution in [0.15, 0.2) is 29.4 Å². The molecule has 2 aliphatic heterocycles. The molecule has 0 bridgehead atoms. The molecule has 1 fully saturated rings. The van der Waals surface area contributed by atoms with Gasteiger partial charge < -0.3 is 10.5 Å². The number of hydrogen-bond acceptors (Lipinski definition) is 7. The Balaban J connectivity index is 1.47. The molecule has 4 rings (SSSR count). The second-order valence-corrected chi connectivity index (χ2v) is 9.21. The van der Waals surface area contributed by atoms with E-state index in [-0.39, 0.29) is 16.6 Å². The lowest BCUT2D eigenvalue weighted by Gasteiger charge is -2.38. The van der Waals surface area contributed by atoms with Crippen LogP contribution in [0.2, 0.25) is 0 Å². The third kappa shape index (κ3) is 3.64. The first-order chi connectivity index (χ1) is 13.2. The van der Waals surface area contributed by atoms with Crippen LogP contribution in [0.3, 0.4) is 0 Å². The van der Waals surface area contributed by atoms with E-state index >= 15 is 0 Å². The minimum absolute atomic E-state index is 0.0497. The van der Waals surface area contributed by atoms with Crippen molar-refractivity contribution in [1.29, 1.82) is 0 Å². The molecule has 1 saturated heterocycles. The van der Waals surface area contributed by atoms with E-state index in [2.05, 4.69) is 14.9 Å². The van der Waals surface area contributed by atoms with Crippen LogP contribution < -0.4 is 5.73 Å². The molecular formula is C18H20F2N4O3S. The normalized spacial score (nSPS) is 25.6. The molecule has 0 amide bonds. The number of ether oxygens (including phenoxy) is 1. The summed E-state index contributed by atoms with van der Waals surface area (Å²) >= 11 is 0. The monoisotopic (exact) mass is 410 g/mol. The highest BCUT2D eigenvalue weighted by molar-refractivity contribution is 7.90. The second-order valence-electron chi connectivity index (χ2n) is 7.25. The number of rotatable bonds is 3. The first-order valence-corrected chi connectivity index (χ1v) is 10.7. The molecule has 3 heterocycles. The maximum Gasteiger partial charge on any atom is 0.194 e. The molecule has 3 atom stereocenters. The molecule has 0 radical (unpaired) electrons. The quantitative estimate of drug-likeness (QED) is 0.815. The molecule has 0 aliphatic carbocycles. The number of halogens is 2. The average molecular weight is 410 g/mol. The van der Waals surface area contributed by atoms with E-state index < -0.39 is 33.6 Å². The molecule has 7 nitrogen and oxygen atoms in total. The van der Waals surface area contributed by atoms with Gasteiger partial charge in [-0.1, -0.05) is 0 Å². The first-order valence-electron chi connectivity index (χ1n) is 8.83. The van der Waals surface area contributed by atoms with Crippen LogP contribution in [0, 0.1) is 11.6 Å². The molecule has 2 aliphatic rings. The van der Waals surface area contributed by atoms with Crippen molar-refractivity contribution in [3.63, 3.8) is 0 Å². The van der Waals surface area contributed by atoms with E-state index in [1.807, 2.05) is 0 Å². The van der Waals surface area contributed by atoms with Crippen LogP contribution >= 0.6 is 0 Å². The zero-order valence-electron chi connectivity index (χ0n) is 15.2. The Morgan fingerprint density at radius 1 is 1.25 bits per heavy atom. The lowest BCUT2D eigenvalue weighted by atomic mass is 9.93. The minimum atomic E-state index is -3.42. The maximum atomic E-state index is 14.1. The van der Waals surface area contributed by atoms with Gasteiger partial charge in [0.15, 0.2) is 14.9 Å². The van der Waals surface area contributed by atoms with Crippen molar-refractivity contribution in [3.8, 4) is 0 Å². The number of benzene rings is 1. The van der Waals surface area contributed by atoms with Gasteiger partial charge in [-0.2, -0.15) is 0 Å². The van der Waals surface area contributed by atoms with Crippen molar-refractivity contribution < 1.29 is 21.9 Å². The van der Waals surface area contributed by atoms with Crippen molar-refractivity contribution in [3.05, 3.63) is 53.0 Å². The zero-order valence-corrected chi connectivity index (χ0v) is 16.0. The van der Waals surface area contributed by atoms with E-state index in [9.17, 15) is 17.2 Å². The predicted octanol–water partition coefficient (Wildman–Crippen LogP) is 1.33. The van der Waals surface area contributed by atoms with Crippen LogP contribution in [0.5, 0.6) is 0 Å². The van der Waals surface area contributed by atoms with Gasteiger partial charge in [0.1, 0.15) is 17.7 Å². The van der Waals surface area contributed by atoms with E-state index in [1.165, 1.54) is 6.20 Å². The van der Waals surface area contributed by atoms with Crippen molar-refractivity contribution >= 4 is 9.84 Å². The summed E-state index contributed by atoms with van der Waals surface area (Å²) in [7, 11) is -3.42. The van der Waals surface area contributed by atoms with Gasteiger partial charge >= 0.3 is 0 Å². The lowest BCUT2D eigenvalue weighted by molar-refractivity contribution is -0.0533. The summed E-state index contributed by atoms with van der Waals surface area (Å²) in [5.74, 6) is -1.08. The topological polar surface area (TPSA) is 98.4 Å². The van der Waals surface area contributed by atoms with E-state index in [0.717, 1.165) is 30.1 Å². The van der Waals surface area contributed by atoms with Gasteiger partial charge in [-0.3, -0.25) is 9.88 Å². The summed E-state index contributed by atoms with van der Waals surface area (Å²) in [5, 5.41) is -0.0497. The fraction of sp³-hybridized carbons (Fsp3) is 0.444. The third-order valence-electron chi connectivity index (χ3n) is 5.18. The minimum Gasteiger partial charge on any atom is -0.370 e. The third-order valence-corrected chi connectivity index (χ3v) is 6.13. The smallest absolute Gasteiger partial charge is 0.194 e. The number of nitrogens with zero attached hydrogens (tertiary/aromatic N) is 3. The predicted molar refractivity (Wildman–Crippen MR) is 95.8 cm³/mol. The first kappa shape index (κ1) is 19.3. The molecule has 2 aromatic rings. The molecule has 0 saturated carbocycles. The SMILES string of the molecule is CS(=O)(=O)c1cnc2c(n1)CN([C@H]1CO[C@H](c3cc(F)ccc3F)[C@@H](N)C1)C2. The van der Waals surface area contributed by atoms with Crippen LogP contribution in [-0.4, -0.2) is 48.2 Å². The standard InChI is InChI=1S/C18H20F2N4O3S/c1-28(25,26)17-6-22-15-7-24(8-16(15)23-17)11-5-14(21)18(27-9-11)12-4-10(19)2-3-13(12)20/h2-4,6,11,14,18H,5,7-9,21H2,1H3/t11-,14+,18-/m1/s1. The van der Waals surface area contributed by atoms with Gasteiger partial charge in [-0.25, -0.2) is 22.2 Å². The van der Waals surface area contributed by atoms with Gasteiger partial charge in [-0.15, -0.1) is 0 Å². The average Bonchev–Trinajstić information content (AvgIpc) is 3.06. The molecule has 2 N–H and O–H groups in total. The fourth-order valence-electron chi connectivity index (χ4n) is 3.72. The highest BCUT2D eigenvalue weighted by Crippen LogP contribution is 2.33. The van der Waals surface area contributed by atoms with Crippen LogP contribution in [0.4, 0.5) is 8.78 Å². The fourth-order valence-corrected chi connectivity index (χ4v) is 4.24. The highest BCUT2D eigenvalue weighted by Gasteiger charge is 2.37. The Morgan fingerprint density at radius 2 is 2.00 bits per heavy atom. The number of sulfone groups is 1. The molecule has 28 heavy (non-hydrogen) atoms. The van der Waals surface area contributed by atoms with Crippen LogP contribution in [0.25, 0.3) is 0 Å². The summed E-state index contributed by atoms with van der Waals surface area (Å²) in [6.07, 6.45) is 2.16. The Labute approximate surface area is 161 Å². The van der Waals surface area contributed by atoms with E-state index in [0.29, 0.717) is 31.8 Å². The Kier molecular flexibility index (Phi) is 4.90. The van der Waals surface area contributed by atoms with Crippen LogP contribution in [-0.2, 0) is 27.7 Å². The van der Waals surface area contributed by atoms with Crippen molar-refractivity contribution in [1.82, 2.24) is 14.9 Å². The molecule has 150 valence electrons. The van der Waals surface area contributed by atoms with Gasteiger partial charge in [0, 0.05) is 37.0 Å². The summed E-state index contributed by atoms with van der Waals surface area (Å²) in [4.78, 5) is 10.5. The zero-order chi connectivity index (χ0) is 20.1. The Bertz CT molecular complexity index is 1020. The van der Waals surface area contributed by atoms with Gasteiger partial charge in [0.05, 0.1) is 24.2 Å². The van der Waals surface area contributed by atoms with Gasteiger partial charge in [0.2, 0.25) is 0 Å². The van der Waals surface area contributed by atoms with Crippen molar-refractivity contribution in [2.75, 3.05) is 12.9 Å². The van der Waals surface area contributed by atoms with Gasteiger partial charge in [-0.05, 0) is 24.6 Å². The number of hydrogen-bond donors (Lipinski definition) is 1. The molecule has 1 aromatic carbocycles. The van der Waals surface area contributed by atoms with E-state index in [1.54, 1.807) is 0 Å². The molecular weight excluding hydrogens is 390 g/mol. The molecule has 1 aromatic heterocycles. The second kappa shape index (κ2) is 7.11. The Hall–Kier alpha value is -2.01.